The van der Waals surface area contributed by atoms with Gasteiger partial charge in [0.1, 0.15) is 0 Å². The number of unbranched alkanes of at least 4 members (excludes halogenated alkanes) is 4. The van der Waals surface area contributed by atoms with Crippen LogP contribution < -0.4 is 43.1 Å². The molecule has 0 spiro atoms. The first-order chi connectivity index (χ1) is 25.2. The van der Waals surface area contributed by atoms with Gasteiger partial charge < -0.3 is 37.6 Å². The molecule has 3 rings (SSSR count). The minimum Gasteiger partial charge on any atom is -0.356 e. The monoisotopic (exact) mass is 722 g/mol. The maximum absolute atomic E-state index is 12.4. The lowest BCUT2D eigenvalue weighted by atomic mass is 10.1. The van der Waals surface area contributed by atoms with Gasteiger partial charge in [-0.1, -0.05) is 25.0 Å². The Bertz CT molecular complexity index is 1390. The summed E-state index contributed by atoms with van der Waals surface area (Å²) in [7, 11) is 0. The molecule has 5 amide bonds. The molecule has 2 atom stereocenters. The predicted octanol–water partition coefficient (Wildman–Crippen LogP) is 3.29. The van der Waals surface area contributed by atoms with Gasteiger partial charge in [0.2, 0.25) is 23.6 Å². The second-order valence-corrected chi connectivity index (χ2v) is 13.3. The van der Waals surface area contributed by atoms with Crippen molar-refractivity contribution in [1.82, 2.24) is 26.7 Å². The Labute approximate surface area is 307 Å². The number of rotatable bonds is 27. The summed E-state index contributed by atoms with van der Waals surface area (Å²) in [5, 5.41) is 26.7. The summed E-state index contributed by atoms with van der Waals surface area (Å²) in [6.07, 6.45) is 8.67. The highest BCUT2D eigenvalue weighted by Gasteiger charge is 2.34. The number of nitrogens with one attached hydrogen (secondary N) is 7. The van der Waals surface area contributed by atoms with Gasteiger partial charge in [-0.05, 0) is 113 Å². The van der Waals surface area contributed by atoms with Crippen LogP contribution in [0.2, 0.25) is 0 Å². The Balaban J connectivity index is 1.07. The number of hydrogen-bond donors (Lipinski definition) is 9. The van der Waals surface area contributed by atoms with Crippen molar-refractivity contribution in [2.75, 3.05) is 49.9 Å². The highest BCUT2D eigenvalue weighted by Crippen LogP contribution is 2.39. The SMILES string of the molecule is NC1CC1c1ccc(NC(=O)CCC(=O)NCCCNCCCCNCCCNC(=O)c2ccc(NC(=O)CCCCCCC(=O)NO)cc2)cc1. The van der Waals surface area contributed by atoms with Crippen LogP contribution in [0.1, 0.15) is 105 Å². The number of nitrogens with two attached hydrogens (primary N) is 1. The summed E-state index contributed by atoms with van der Waals surface area (Å²) in [6, 6.07) is 14.8. The summed E-state index contributed by atoms with van der Waals surface area (Å²) < 4.78 is 0. The summed E-state index contributed by atoms with van der Waals surface area (Å²) in [5.41, 5.74) is 10.6. The number of carbonyl (C=O) groups is 5. The highest BCUT2D eigenvalue weighted by molar-refractivity contribution is 5.96. The normalized spacial score (nSPS) is 14.7. The van der Waals surface area contributed by atoms with E-state index in [1.807, 2.05) is 24.3 Å². The van der Waals surface area contributed by atoms with E-state index in [-0.39, 0.29) is 48.9 Å². The fraction of sp³-hybridized carbons (Fsp3) is 0.553. The maximum atomic E-state index is 12.4. The number of hydrogen-bond acceptors (Lipinski definition) is 9. The minimum atomic E-state index is -0.399. The van der Waals surface area contributed by atoms with E-state index in [0.717, 1.165) is 76.8 Å². The third kappa shape index (κ3) is 18.2. The summed E-state index contributed by atoms with van der Waals surface area (Å²) in [4.78, 5) is 59.8. The fourth-order valence-electron chi connectivity index (χ4n) is 5.57. The van der Waals surface area contributed by atoms with Crippen LogP contribution in [-0.2, 0) is 19.2 Å². The molecule has 14 heteroatoms. The topological polar surface area (TPSA) is 216 Å². The zero-order chi connectivity index (χ0) is 37.4. The lowest BCUT2D eigenvalue weighted by Gasteiger charge is -2.09. The Kier molecular flexibility index (Phi) is 20.0. The first-order valence-electron chi connectivity index (χ1n) is 18.7. The molecule has 0 aliphatic heterocycles. The second-order valence-electron chi connectivity index (χ2n) is 13.3. The molecule has 0 heterocycles. The molecule has 286 valence electrons. The van der Waals surface area contributed by atoms with Crippen molar-refractivity contribution < 1.29 is 29.2 Å². The first kappa shape index (κ1) is 42.0. The number of benzene rings is 2. The van der Waals surface area contributed by atoms with E-state index in [0.29, 0.717) is 49.5 Å². The molecule has 2 aromatic rings. The van der Waals surface area contributed by atoms with Crippen LogP contribution in [0, 0.1) is 0 Å². The third-order valence-electron chi connectivity index (χ3n) is 8.78. The quantitative estimate of drug-likeness (QED) is 0.0375. The van der Waals surface area contributed by atoms with E-state index in [1.54, 1.807) is 29.7 Å². The second kappa shape index (κ2) is 24.8. The molecule has 2 unspecified atom stereocenters. The molecule has 10 N–H and O–H groups in total. The maximum Gasteiger partial charge on any atom is 0.251 e. The van der Waals surface area contributed by atoms with Crippen LogP contribution in [-0.4, -0.2) is 80.1 Å². The lowest BCUT2D eigenvalue weighted by Crippen LogP contribution is -2.29. The van der Waals surface area contributed by atoms with Crippen molar-refractivity contribution in [1.29, 1.82) is 0 Å². The number of hydroxylamine groups is 1. The Morgan fingerprint density at radius 2 is 1.04 bits per heavy atom. The van der Waals surface area contributed by atoms with E-state index < -0.39 is 5.91 Å². The average Bonchev–Trinajstić information content (AvgIpc) is 3.88. The third-order valence-corrected chi connectivity index (χ3v) is 8.78. The van der Waals surface area contributed by atoms with Crippen LogP contribution in [0.3, 0.4) is 0 Å². The number of amides is 5. The molecule has 14 nitrogen and oxygen atoms in total. The van der Waals surface area contributed by atoms with Crippen LogP contribution in [0.15, 0.2) is 48.5 Å². The summed E-state index contributed by atoms with van der Waals surface area (Å²) in [6.45, 7) is 4.55. The molecule has 0 radical (unpaired) electrons. The molecule has 52 heavy (non-hydrogen) atoms. The van der Waals surface area contributed by atoms with Crippen molar-refractivity contribution >= 4 is 40.9 Å². The van der Waals surface area contributed by atoms with E-state index in [9.17, 15) is 24.0 Å². The van der Waals surface area contributed by atoms with Gasteiger partial charge in [0.05, 0.1) is 0 Å². The van der Waals surface area contributed by atoms with Crippen LogP contribution in [0.25, 0.3) is 0 Å². The Morgan fingerprint density at radius 3 is 1.60 bits per heavy atom. The zero-order valence-electron chi connectivity index (χ0n) is 30.3. The van der Waals surface area contributed by atoms with Crippen LogP contribution in [0.5, 0.6) is 0 Å². The van der Waals surface area contributed by atoms with Gasteiger partial charge in [-0.15, -0.1) is 0 Å². The minimum absolute atomic E-state index is 0.0962. The fourth-order valence-corrected chi connectivity index (χ4v) is 5.57. The van der Waals surface area contributed by atoms with Gasteiger partial charge >= 0.3 is 0 Å². The smallest absolute Gasteiger partial charge is 0.251 e. The van der Waals surface area contributed by atoms with Gasteiger partial charge in [0.15, 0.2) is 0 Å². The van der Waals surface area contributed by atoms with Crippen molar-refractivity contribution in [3.63, 3.8) is 0 Å². The zero-order valence-corrected chi connectivity index (χ0v) is 30.3. The molecular weight excluding hydrogens is 664 g/mol. The molecule has 0 aromatic heterocycles. The molecule has 1 fully saturated rings. The predicted molar refractivity (Wildman–Crippen MR) is 202 cm³/mol. The Hall–Kier alpha value is -4.37. The van der Waals surface area contributed by atoms with Gasteiger partial charge in [-0.25, -0.2) is 5.48 Å². The van der Waals surface area contributed by atoms with Crippen molar-refractivity contribution in [3.05, 3.63) is 59.7 Å². The van der Waals surface area contributed by atoms with Gasteiger partial charge in [0.25, 0.3) is 5.91 Å². The average molecular weight is 723 g/mol. The standard InChI is InChI=1S/C38H58N8O6/c39-33-27-32(33)28-11-15-30(16-12-28)45-36(49)20-19-34(47)42-25-7-23-40-21-5-6-22-41-24-8-26-43-38(51)29-13-17-31(18-14-29)44-35(48)9-3-1-2-4-10-37(50)46-52/h11-18,32-33,40-41,52H,1-10,19-27,39H2,(H,42,47)(H,43,51)(H,44,48)(H,45,49)(H,46,50). The number of anilines is 2. The van der Waals surface area contributed by atoms with E-state index in [2.05, 4.69) is 31.9 Å². The molecule has 0 bridgehead atoms. The van der Waals surface area contributed by atoms with Gasteiger partial charge in [-0.2, -0.15) is 0 Å². The molecule has 1 saturated carbocycles. The van der Waals surface area contributed by atoms with Crippen LogP contribution >= 0.6 is 0 Å². The first-order valence-corrected chi connectivity index (χ1v) is 18.7. The lowest BCUT2D eigenvalue weighted by molar-refractivity contribution is -0.129. The van der Waals surface area contributed by atoms with Gasteiger partial charge in [-0.3, -0.25) is 29.2 Å². The molecule has 0 saturated heterocycles. The number of carbonyl (C=O) groups excluding carboxylic acids is 5. The van der Waals surface area contributed by atoms with Crippen molar-refractivity contribution in [3.8, 4) is 0 Å². The van der Waals surface area contributed by atoms with E-state index in [4.69, 9.17) is 10.9 Å². The van der Waals surface area contributed by atoms with E-state index in [1.165, 1.54) is 5.56 Å². The van der Waals surface area contributed by atoms with Crippen LogP contribution in [0.4, 0.5) is 11.4 Å². The molecule has 2 aromatic carbocycles. The molecule has 1 aliphatic carbocycles. The molecule has 1 aliphatic rings. The van der Waals surface area contributed by atoms with Crippen molar-refractivity contribution in [2.45, 2.75) is 95.4 Å². The summed E-state index contributed by atoms with van der Waals surface area (Å²) in [5.74, 6) is -0.521. The van der Waals surface area contributed by atoms with E-state index >= 15 is 0 Å². The largest absolute Gasteiger partial charge is 0.356 e. The Morgan fingerprint density at radius 1 is 0.558 bits per heavy atom. The highest BCUT2D eigenvalue weighted by atomic mass is 16.5. The van der Waals surface area contributed by atoms with Gasteiger partial charge in [0, 0.05) is 67.7 Å². The van der Waals surface area contributed by atoms with Crippen molar-refractivity contribution in [2.24, 2.45) is 5.73 Å². The summed E-state index contributed by atoms with van der Waals surface area (Å²) >= 11 is 0. The molecular formula is C38H58N8O6.